The van der Waals surface area contributed by atoms with E-state index in [2.05, 4.69) is 24.1 Å². The largest absolute Gasteiger partial charge is 0.465 e. The van der Waals surface area contributed by atoms with E-state index in [1.807, 2.05) is 6.92 Å². The van der Waals surface area contributed by atoms with Crippen LogP contribution in [0.5, 0.6) is 0 Å². The fourth-order valence-corrected chi connectivity index (χ4v) is 3.71. The van der Waals surface area contributed by atoms with E-state index in [1.165, 1.54) is 0 Å². The van der Waals surface area contributed by atoms with Crippen molar-refractivity contribution in [2.24, 2.45) is 0 Å². The summed E-state index contributed by atoms with van der Waals surface area (Å²) >= 11 is 0. The molecule has 2 rings (SSSR count). The molecule has 0 bridgehead atoms. The van der Waals surface area contributed by atoms with Crippen molar-refractivity contribution in [1.29, 1.82) is 0 Å². The molecule has 1 aliphatic carbocycles. The average Bonchev–Trinajstić information content (AvgIpc) is 2.77. The number of hydrogen-bond donors (Lipinski definition) is 1. The summed E-state index contributed by atoms with van der Waals surface area (Å²) in [4.78, 5) is 14.9. The zero-order chi connectivity index (χ0) is 15.3. The Hall–Kier alpha value is -0.650. The molecule has 5 heteroatoms. The van der Waals surface area contributed by atoms with Crippen molar-refractivity contribution in [1.82, 2.24) is 10.2 Å². The van der Waals surface area contributed by atoms with Crippen molar-refractivity contribution >= 4 is 5.97 Å². The van der Waals surface area contributed by atoms with Gasteiger partial charge in [-0.15, -0.1) is 0 Å². The SMILES string of the molecule is CCNC1(C(=O)OCC)CCC(N2CCCOC(C)C2)C1. The van der Waals surface area contributed by atoms with E-state index in [1.54, 1.807) is 0 Å². The molecule has 1 N–H and O–H groups in total. The van der Waals surface area contributed by atoms with Crippen LogP contribution in [0.3, 0.4) is 0 Å². The average molecular weight is 298 g/mol. The molecule has 1 aliphatic heterocycles. The molecule has 0 aromatic heterocycles. The highest BCUT2D eigenvalue weighted by molar-refractivity contribution is 5.81. The Morgan fingerprint density at radius 1 is 1.48 bits per heavy atom. The highest BCUT2D eigenvalue weighted by atomic mass is 16.5. The summed E-state index contributed by atoms with van der Waals surface area (Å²) in [5, 5.41) is 3.41. The van der Waals surface area contributed by atoms with Crippen LogP contribution in [0.1, 0.15) is 46.5 Å². The predicted octanol–water partition coefficient (Wildman–Crippen LogP) is 1.56. The minimum atomic E-state index is -0.480. The number of carbonyl (C=O) groups excluding carboxylic acids is 1. The molecule has 3 atom stereocenters. The van der Waals surface area contributed by atoms with Gasteiger partial charge in [0.15, 0.2) is 0 Å². The number of hydrogen-bond acceptors (Lipinski definition) is 5. The third kappa shape index (κ3) is 3.96. The van der Waals surface area contributed by atoms with Crippen molar-refractivity contribution in [3.05, 3.63) is 0 Å². The van der Waals surface area contributed by atoms with Gasteiger partial charge in [0.1, 0.15) is 5.54 Å². The van der Waals surface area contributed by atoms with E-state index in [9.17, 15) is 4.79 Å². The molecule has 2 fully saturated rings. The summed E-state index contributed by atoms with van der Waals surface area (Å²) in [7, 11) is 0. The Morgan fingerprint density at radius 2 is 2.29 bits per heavy atom. The third-order valence-corrected chi connectivity index (χ3v) is 4.67. The van der Waals surface area contributed by atoms with Gasteiger partial charge < -0.3 is 14.8 Å². The lowest BCUT2D eigenvalue weighted by atomic mass is 9.97. The Kier molecular flexibility index (Phi) is 6.02. The van der Waals surface area contributed by atoms with Gasteiger partial charge in [-0.3, -0.25) is 9.69 Å². The first kappa shape index (κ1) is 16.7. The number of likely N-dealkylation sites (N-methyl/N-ethyl adjacent to an activating group) is 1. The van der Waals surface area contributed by atoms with Crippen molar-refractivity contribution in [2.75, 3.05) is 32.8 Å². The monoisotopic (exact) mass is 298 g/mol. The van der Waals surface area contributed by atoms with Crippen molar-refractivity contribution in [3.8, 4) is 0 Å². The quantitative estimate of drug-likeness (QED) is 0.781. The van der Waals surface area contributed by atoms with E-state index in [-0.39, 0.29) is 12.1 Å². The topological polar surface area (TPSA) is 50.8 Å². The maximum Gasteiger partial charge on any atom is 0.326 e. The second kappa shape index (κ2) is 7.56. The second-order valence-corrected chi connectivity index (χ2v) is 6.26. The standard InChI is InChI=1S/C16H30N2O3/c1-4-17-16(15(19)20-5-2)8-7-14(11-16)18-9-6-10-21-13(3)12-18/h13-14,17H,4-12H2,1-3H3. The minimum absolute atomic E-state index is 0.0755. The Balaban J connectivity index is 2.03. The third-order valence-electron chi connectivity index (χ3n) is 4.67. The molecule has 0 radical (unpaired) electrons. The molecular weight excluding hydrogens is 268 g/mol. The van der Waals surface area contributed by atoms with Crippen LogP contribution in [0.15, 0.2) is 0 Å². The van der Waals surface area contributed by atoms with Gasteiger partial charge in [-0.1, -0.05) is 6.92 Å². The minimum Gasteiger partial charge on any atom is -0.465 e. The van der Waals surface area contributed by atoms with Crippen molar-refractivity contribution in [2.45, 2.75) is 64.1 Å². The number of nitrogens with one attached hydrogen (secondary N) is 1. The second-order valence-electron chi connectivity index (χ2n) is 6.26. The number of rotatable bonds is 5. The lowest BCUT2D eigenvalue weighted by Gasteiger charge is -2.31. The summed E-state index contributed by atoms with van der Waals surface area (Å²) < 4.78 is 11.0. The maximum atomic E-state index is 12.4. The molecule has 122 valence electrons. The molecule has 0 amide bonds. The van der Waals surface area contributed by atoms with Crippen LogP contribution in [0.4, 0.5) is 0 Å². The van der Waals surface area contributed by atoms with Gasteiger partial charge in [-0.05, 0) is 46.1 Å². The molecule has 1 saturated heterocycles. The zero-order valence-electron chi connectivity index (χ0n) is 13.7. The van der Waals surface area contributed by atoms with Gasteiger partial charge in [-0.25, -0.2) is 0 Å². The van der Waals surface area contributed by atoms with Gasteiger partial charge >= 0.3 is 5.97 Å². The van der Waals surface area contributed by atoms with Gasteiger partial charge in [0.05, 0.1) is 12.7 Å². The normalized spacial score (nSPS) is 34.6. The Bertz CT molecular complexity index is 350. The smallest absolute Gasteiger partial charge is 0.326 e. The summed E-state index contributed by atoms with van der Waals surface area (Å²) in [5.41, 5.74) is -0.480. The van der Waals surface area contributed by atoms with E-state index < -0.39 is 5.54 Å². The molecule has 21 heavy (non-hydrogen) atoms. The first-order valence-electron chi connectivity index (χ1n) is 8.39. The molecule has 0 spiro atoms. The zero-order valence-corrected chi connectivity index (χ0v) is 13.7. The molecule has 3 unspecified atom stereocenters. The molecule has 1 saturated carbocycles. The molecule has 0 aromatic rings. The van der Waals surface area contributed by atoms with Crippen LogP contribution in [0.2, 0.25) is 0 Å². The molecule has 5 nitrogen and oxygen atoms in total. The van der Waals surface area contributed by atoms with Crippen LogP contribution >= 0.6 is 0 Å². The van der Waals surface area contributed by atoms with E-state index in [4.69, 9.17) is 9.47 Å². The number of ether oxygens (including phenoxy) is 2. The number of esters is 1. The van der Waals surface area contributed by atoms with Crippen LogP contribution in [0, 0.1) is 0 Å². The number of nitrogens with zero attached hydrogens (tertiary/aromatic N) is 1. The first-order chi connectivity index (χ1) is 10.1. The van der Waals surface area contributed by atoms with Crippen LogP contribution < -0.4 is 5.32 Å². The number of carbonyl (C=O) groups is 1. The summed E-state index contributed by atoms with van der Waals surface area (Å²) in [6.07, 6.45) is 4.14. The highest BCUT2D eigenvalue weighted by Crippen LogP contribution is 2.35. The van der Waals surface area contributed by atoms with Gasteiger partial charge in [0.2, 0.25) is 0 Å². The van der Waals surface area contributed by atoms with Crippen LogP contribution in [0.25, 0.3) is 0 Å². The van der Waals surface area contributed by atoms with Crippen molar-refractivity contribution < 1.29 is 14.3 Å². The summed E-state index contributed by atoms with van der Waals surface area (Å²) in [6.45, 7) is 10.2. The maximum absolute atomic E-state index is 12.4. The van der Waals surface area contributed by atoms with Gasteiger partial charge in [-0.2, -0.15) is 0 Å². The van der Waals surface area contributed by atoms with Gasteiger partial charge in [0, 0.05) is 25.7 Å². The van der Waals surface area contributed by atoms with Crippen molar-refractivity contribution in [3.63, 3.8) is 0 Å². The predicted molar refractivity (Wildman–Crippen MR) is 82.3 cm³/mol. The molecular formula is C16H30N2O3. The fraction of sp³-hybridized carbons (Fsp3) is 0.938. The van der Waals surface area contributed by atoms with E-state index >= 15 is 0 Å². The molecule has 0 aromatic carbocycles. The highest BCUT2D eigenvalue weighted by Gasteiger charge is 2.47. The molecule has 2 aliphatic rings. The fourth-order valence-electron chi connectivity index (χ4n) is 3.71. The molecule has 1 heterocycles. The van der Waals surface area contributed by atoms with Crippen LogP contribution in [-0.2, 0) is 14.3 Å². The Morgan fingerprint density at radius 3 is 3.00 bits per heavy atom. The van der Waals surface area contributed by atoms with Gasteiger partial charge in [0.25, 0.3) is 0 Å². The Labute approximate surface area is 128 Å². The van der Waals surface area contributed by atoms with E-state index in [0.29, 0.717) is 12.6 Å². The first-order valence-corrected chi connectivity index (χ1v) is 8.39. The van der Waals surface area contributed by atoms with Crippen LogP contribution in [-0.4, -0.2) is 61.4 Å². The summed E-state index contributed by atoms with van der Waals surface area (Å²) in [6, 6.07) is 0.456. The van der Waals surface area contributed by atoms with E-state index in [0.717, 1.165) is 51.9 Å². The summed E-state index contributed by atoms with van der Waals surface area (Å²) in [5.74, 6) is -0.0755. The lowest BCUT2D eigenvalue weighted by Crippen LogP contribution is -2.52. The lowest BCUT2D eigenvalue weighted by molar-refractivity contribution is -0.151.